The summed E-state index contributed by atoms with van der Waals surface area (Å²) in [4.78, 5) is 20.9. The normalized spacial score (nSPS) is 12.1. The fourth-order valence-corrected chi connectivity index (χ4v) is 3.21. The van der Waals surface area contributed by atoms with Crippen LogP contribution in [0.4, 0.5) is 4.39 Å². The van der Waals surface area contributed by atoms with E-state index in [0.717, 1.165) is 5.56 Å². The van der Waals surface area contributed by atoms with Gasteiger partial charge in [0.1, 0.15) is 12.1 Å². The monoisotopic (exact) mass is 464 g/mol. The molecular weight excluding hydrogens is 442 g/mol. The van der Waals surface area contributed by atoms with E-state index in [-0.39, 0.29) is 22.6 Å². The van der Waals surface area contributed by atoms with Crippen LogP contribution in [-0.4, -0.2) is 22.4 Å². The van der Waals surface area contributed by atoms with Crippen molar-refractivity contribution in [2.45, 2.75) is 38.6 Å². The number of hydrogen-bond acceptors (Lipinski definition) is 5. The summed E-state index contributed by atoms with van der Waals surface area (Å²) in [6, 6.07) is 8.21. The summed E-state index contributed by atoms with van der Waals surface area (Å²) in [7, 11) is 0. The molecule has 164 valence electrons. The van der Waals surface area contributed by atoms with Gasteiger partial charge in [0.2, 0.25) is 0 Å². The molecular formula is C22H23Cl2FN4O2. The Bertz CT molecular complexity index is 1120. The summed E-state index contributed by atoms with van der Waals surface area (Å²) in [5, 5.41) is 2.73. The van der Waals surface area contributed by atoms with Gasteiger partial charge < -0.3 is 15.5 Å². The third kappa shape index (κ3) is 5.42. The van der Waals surface area contributed by atoms with E-state index < -0.39 is 22.7 Å². The smallest absolute Gasteiger partial charge is 0.292 e. The molecule has 0 aliphatic rings. The number of nitrogens with two attached hydrogens (primary N) is 1. The number of pyridine rings is 1. The standard InChI is InChI=1S/C22H23Cl2FN4O2/c1-21(2,11-27-19(30)17-10-31-20(24)29-17)18-9-13(22(3,4)26)8-16(28-18)12-5-6-15(25)14(23)7-12/h5-10H,11,26H2,1-4H3,(H,27,30). The minimum absolute atomic E-state index is 0.0102. The molecule has 0 atom stereocenters. The molecule has 3 N–H and O–H groups in total. The summed E-state index contributed by atoms with van der Waals surface area (Å²) >= 11 is 11.6. The first-order valence-electron chi connectivity index (χ1n) is 9.53. The molecule has 0 unspecified atom stereocenters. The average molecular weight is 465 g/mol. The molecule has 0 radical (unpaired) electrons. The Balaban J connectivity index is 1.96. The highest BCUT2D eigenvalue weighted by Crippen LogP contribution is 2.31. The lowest BCUT2D eigenvalue weighted by Crippen LogP contribution is -2.38. The molecule has 0 saturated carbocycles. The summed E-state index contributed by atoms with van der Waals surface area (Å²) in [6.07, 6.45) is 1.19. The molecule has 1 amide bonds. The van der Waals surface area contributed by atoms with Gasteiger partial charge in [-0.05, 0) is 61.3 Å². The topological polar surface area (TPSA) is 94.0 Å². The van der Waals surface area contributed by atoms with Gasteiger partial charge in [-0.3, -0.25) is 9.78 Å². The number of nitrogens with one attached hydrogen (secondary N) is 1. The zero-order chi connectivity index (χ0) is 23.0. The quantitative estimate of drug-likeness (QED) is 0.529. The second kappa shape index (κ2) is 8.57. The number of halogens is 3. The van der Waals surface area contributed by atoms with E-state index in [1.54, 1.807) is 6.07 Å². The van der Waals surface area contributed by atoms with E-state index in [0.29, 0.717) is 17.0 Å². The lowest BCUT2D eigenvalue weighted by Gasteiger charge is -2.28. The predicted octanol–water partition coefficient (Wildman–Crippen LogP) is 5.08. The Hall–Kier alpha value is -2.48. The first kappa shape index (κ1) is 23.2. The highest BCUT2D eigenvalue weighted by atomic mass is 35.5. The number of oxazole rings is 1. The minimum atomic E-state index is -0.646. The Morgan fingerprint density at radius 3 is 2.45 bits per heavy atom. The molecule has 6 nitrogen and oxygen atoms in total. The molecule has 0 aliphatic carbocycles. The van der Waals surface area contributed by atoms with Crippen LogP contribution in [0.2, 0.25) is 10.4 Å². The van der Waals surface area contributed by atoms with Gasteiger partial charge in [-0.25, -0.2) is 4.39 Å². The van der Waals surface area contributed by atoms with Gasteiger partial charge in [-0.2, -0.15) is 4.98 Å². The van der Waals surface area contributed by atoms with Crippen molar-refractivity contribution in [3.63, 3.8) is 0 Å². The highest BCUT2D eigenvalue weighted by molar-refractivity contribution is 6.31. The van der Waals surface area contributed by atoms with Crippen LogP contribution >= 0.6 is 23.2 Å². The minimum Gasteiger partial charge on any atom is -0.435 e. The van der Waals surface area contributed by atoms with E-state index >= 15 is 0 Å². The third-order valence-electron chi connectivity index (χ3n) is 4.88. The van der Waals surface area contributed by atoms with E-state index in [2.05, 4.69) is 10.3 Å². The second-order valence-corrected chi connectivity index (χ2v) is 9.26. The zero-order valence-corrected chi connectivity index (χ0v) is 19.1. The number of carbonyl (C=O) groups is 1. The lowest BCUT2D eigenvalue weighted by atomic mass is 9.84. The fraction of sp³-hybridized carbons (Fsp3) is 0.318. The summed E-state index contributed by atoms with van der Waals surface area (Å²) in [5.74, 6) is -0.915. The van der Waals surface area contributed by atoms with Gasteiger partial charge in [0, 0.05) is 28.8 Å². The van der Waals surface area contributed by atoms with Gasteiger partial charge in [-0.1, -0.05) is 25.4 Å². The van der Waals surface area contributed by atoms with Crippen LogP contribution in [0.3, 0.4) is 0 Å². The molecule has 9 heteroatoms. The number of amides is 1. The van der Waals surface area contributed by atoms with Crippen molar-refractivity contribution in [2.24, 2.45) is 5.73 Å². The number of aromatic nitrogens is 2. The third-order valence-corrected chi connectivity index (χ3v) is 5.34. The molecule has 3 aromatic rings. The van der Waals surface area contributed by atoms with E-state index in [1.807, 2.05) is 39.8 Å². The first-order valence-corrected chi connectivity index (χ1v) is 10.3. The van der Waals surface area contributed by atoms with Crippen LogP contribution in [0, 0.1) is 5.82 Å². The highest BCUT2D eigenvalue weighted by Gasteiger charge is 2.27. The van der Waals surface area contributed by atoms with Crippen molar-refractivity contribution in [3.8, 4) is 11.3 Å². The Labute approximate surface area is 190 Å². The van der Waals surface area contributed by atoms with Crippen molar-refractivity contribution in [3.05, 3.63) is 69.7 Å². The van der Waals surface area contributed by atoms with Crippen molar-refractivity contribution < 1.29 is 13.6 Å². The van der Waals surface area contributed by atoms with E-state index in [9.17, 15) is 9.18 Å². The average Bonchev–Trinajstić information content (AvgIpc) is 3.13. The fourth-order valence-electron chi connectivity index (χ4n) is 2.89. The van der Waals surface area contributed by atoms with Crippen LogP contribution in [0.25, 0.3) is 11.3 Å². The molecule has 0 saturated heterocycles. The Kier molecular flexibility index (Phi) is 6.41. The largest absolute Gasteiger partial charge is 0.435 e. The SMILES string of the molecule is CC(C)(N)c1cc(-c2ccc(F)c(Cl)c2)nc(C(C)(C)CNC(=O)c2coc(Cl)n2)c1. The summed E-state index contributed by atoms with van der Waals surface area (Å²) in [6.45, 7) is 7.93. The van der Waals surface area contributed by atoms with Gasteiger partial charge in [0.05, 0.1) is 10.7 Å². The molecule has 31 heavy (non-hydrogen) atoms. The van der Waals surface area contributed by atoms with E-state index in [1.165, 1.54) is 18.4 Å². The number of benzene rings is 1. The number of carbonyl (C=O) groups excluding carboxylic acids is 1. The van der Waals surface area contributed by atoms with Crippen molar-refractivity contribution in [1.82, 2.24) is 15.3 Å². The van der Waals surface area contributed by atoms with Crippen LogP contribution in [0.15, 0.2) is 41.0 Å². The van der Waals surface area contributed by atoms with Crippen molar-refractivity contribution in [2.75, 3.05) is 6.54 Å². The number of rotatable bonds is 6. The number of hydrogen-bond donors (Lipinski definition) is 2. The first-order chi connectivity index (χ1) is 14.4. The predicted molar refractivity (Wildman–Crippen MR) is 119 cm³/mol. The van der Waals surface area contributed by atoms with Crippen molar-refractivity contribution in [1.29, 1.82) is 0 Å². The number of nitrogens with zero attached hydrogens (tertiary/aromatic N) is 2. The lowest BCUT2D eigenvalue weighted by molar-refractivity contribution is 0.0940. The summed E-state index contributed by atoms with van der Waals surface area (Å²) in [5.41, 5.74) is 8.05. The van der Waals surface area contributed by atoms with Crippen LogP contribution in [0.1, 0.15) is 49.4 Å². The van der Waals surface area contributed by atoms with Gasteiger partial charge in [-0.15, -0.1) is 0 Å². The molecule has 0 bridgehead atoms. The van der Waals surface area contributed by atoms with Crippen LogP contribution in [0.5, 0.6) is 0 Å². The van der Waals surface area contributed by atoms with Gasteiger partial charge in [0.15, 0.2) is 5.69 Å². The maximum Gasteiger partial charge on any atom is 0.292 e. The molecule has 2 heterocycles. The molecule has 3 rings (SSSR count). The van der Waals surface area contributed by atoms with Crippen LogP contribution < -0.4 is 11.1 Å². The molecule has 1 aromatic carbocycles. The maximum atomic E-state index is 13.6. The summed E-state index contributed by atoms with van der Waals surface area (Å²) < 4.78 is 18.5. The molecule has 0 aliphatic heterocycles. The Morgan fingerprint density at radius 1 is 1.16 bits per heavy atom. The molecule has 0 fully saturated rings. The molecule has 2 aromatic heterocycles. The van der Waals surface area contributed by atoms with Crippen molar-refractivity contribution >= 4 is 29.1 Å². The molecule has 0 spiro atoms. The van der Waals surface area contributed by atoms with Gasteiger partial charge >= 0.3 is 0 Å². The van der Waals surface area contributed by atoms with Gasteiger partial charge in [0.25, 0.3) is 11.3 Å². The Morgan fingerprint density at radius 2 is 1.87 bits per heavy atom. The maximum absolute atomic E-state index is 13.6. The van der Waals surface area contributed by atoms with E-state index in [4.69, 9.17) is 38.3 Å². The second-order valence-electron chi connectivity index (χ2n) is 8.53. The van der Waals surface area contributed by atoms with Crippen LogP contribution in [-0.2, 0) is 11.0 Å². The zero-order valence-electron chi connectivity index (χ0n) is 17.6.